The van der Waals surface area contributed by atoms with Gasteiger partial charge in [0.05, 0.1) is 18.3 Å². The highest BCUT2D eigenvalue weighted by Crippen LogP contribution is 2.26. The summed E-state index contributed by atoms with van der Waals surface area (Å²) < 4.78 is 0. The fourth-order valence-electron chi connectivity index (χ4n) is 3.87. The van der Waals surface area contributed by atoms with Crippen molar-refractivity contribution in [2.45, 2.75) is 45.2 Å². The van der Waals surface area contributed by atoms with Crippen molar-refractivity contribution in [3.05, 3.63) is 70.0 Å². The summed E-state index contributed by atoms with van der Waals surface area (Å²) in [6.45, 7) is 2.25. The van der Waals surface area contributed by atoms with Gasteiger partial charge < -0.3 is 9.88 Å². The van der Waals surface area contributed by atoms with Crippen LogP contribution in [-0.2, 0) is 6.54 Å². The number of aromatic nitrogens is 3. The van der Waals surface area contributed by atoms with Gasteiger partial charge in [-0.15, -0.1) is 0 Å². The minimum atomic E-state index is -0.168. The van der Waals surface area contributed by atoms with Gasteiger partial charge in [0.15, 0.2) is 0 Å². The number of aromatic amines is 1. The van der Waals surface area contributed by atoms with Crippen LogP contribution in [0.5, 0.6) is 0 Å². The molecule has 138 valence electrons. The Morgan fingerprint density at radius 3 is 2.81 bits per heavy atom. The second-order valence-electron chi connectivity index (χ2n) is 7.12. The Bertz CT molecular complexity index is 1020. The van der Waals surface area contributed by atoms with Gasteiger partial charge in [-0.25, -0.2) is 4.98 Å². The smallest absolute Gasteiger partial charge is 0.274 e. The van der Waals surface area contributed by atoms with E-state index in [1.165, 1.54) is 12.4 Å². The molecule has 2 aromatic heterocycles. The van der Waals surface area contributed by atoms with E-state index in [-0.39, 0.29) is 24.1 Å². The Hall–Kier alpha value is -3.02. The lowest BCUT2D eigenvalue weighted by molar-refractivity contribution is 0.0657. The molecule has 0 spiro atoms. The molecule has 27 heavy (non-hydrogen) atoms. The Labute approximate surface area is 157 Å². The lowest BCUT2D eigenvalue weighted by atomic mass is 10.1. The number of H-pyrrole nitrogens is 1. The van der Waals surface area contributed by atoms with Gasteiger partial charge in [-0.1, -0.05) is 31.0 Å². The minimum absolute atomic E-state index is 0.132. The number of hydrogen-bond acceptors (Lipinski definition) is 4. The Morgan fingerprint density at radius 1 is 1.26 bits per heavy atom. The number of benzene rings is 1. The van der Waals surface area contributed by atoms with E-state index in [1.807, 2.05) is 31.2 Å². The van der Waals surface area contributed by atoms with Crippen LogP contribution in [0, 0.1) is 6.92 Å². The van der Waals surface area contributed by atoms with Crippen molar-refractivity contribution >= 4 is 16.8 Å². The van der Waals surface area contributed by atoms with Gasteiger partial charge in [0, 0.05) is 24.0 Å². The van der Waals surface area contributed by atoms with E-state index >= 15 is 0 Å². The van der Waals surface area contributed by atoms with E-state index in [2.05, 4.69) is 15.0 Å². The summed E-state index contributed by atoms with van der Waals surface area (Å²) in [6, 6.07) is 7.95. The Balaban J connectivity index is 1.71. The summed E-state index contributed by atoms with van der Waals surface area (Å²) in [4.78, 5) is 38.7. The van der Waals surface area contributed by atoms with Gasteiger partial charge in [-0.05, 0) is 36.8 Å². The fourth-order valence-corrected chi connectivity index (χ4v) is 3.87. The SMILES string of the molecule is Cc1cccc2cc(CN(C(=O)c3cnccn3)C3CCCC3)c(=O)[nH]c12. The molecule has 2 heterocycles. The molecule has 1 saturated carbocycles. The van der Waals surface area contributed by atoms with Crippen LogP contribution in [0.3, 0.4) is 0 Å². The second kappa shape index (κ2) is 7.31. The van der Waals surface area contributed by atoms with Gasteiger partial charge >= 0.3 is 0 Å². The molecule has 0 aliphatic heterocycles. The zero-order valence-corrected chi connectivity index (χ0v) is 15.3. The highest BCUT2D eigenvalue weighted by molar-refractivity contribution is 5.92. The number of pyridine rings is 1. The molecule has 3 aromatic rings. The number of nitrogens with zero attached hydrogens (tertiary/aromatic N) is 3. The fraction of sp³-hybridized carbons (Fsp3) is 0.333. The number of para-hydroxylation sites is 1. The second-order valence-corrected chi connectivity index (χ2v) is 7.12. The van der Waals surface area contributed by atoms with Gasteiger partial charge in [-0.2, -0.15) is 0 Å². The quantitative estimate of drug-likeness (QED) is 0.773. The topological polar surface area (TPSA) is 79.0 Å². The standard InChI is InChI=1S/C21H22N4O2/c1-14-5-4-6-15-11-16(20(26)24-19(14)15)13-25(17-7-2-3-8-17)21(27)18-12-22-9-10-23-18/h4-6,9-12,17H,2-3,7-8,13H2,1H3,(H,24,26). The van der Waals surface area contributed by atoms with Crippen molar-refractivity contribution in [1.82, 2.24) is 19.9 Å². The van der Waals surface area contributed by atoms with Gasteiger partial charge in [-0.3, -0.25) is 14.6 Å². The number of carbonyl (C=O) groups excluding carboxylic acids is 1. The molecule has 4 rings (SSSR count). The maximum absolute atomic E-state index is 13.1. The lowest BCUT2D eigenvalue weighted by Crippen LogP contribution is -2.40. The number of rotatable bonds is 4. The van der Waals surface area contributed by atoms with Gasteiger partial charge in [0.25, 0.3) is 11.5 Å². The molecular formula is C21H22N4O2. The van der Waals surface area contributed by atoms with Crippen LogP contribution in [0.25, 0.3) is 10.9 Å². The van der Waals surface area contributed by atoms with E-state index < -0.39 is 0 Å². The molecular weight excluding hydrogens is 340 g/mol. The third kappa shape index (κ3) is 3.47. The largest absolute Gasteiger partial charge is 0.330 e. The number of amides is 1. The number of fused-ring (bicyclic) bond motifs is 1. The van der Waals surface area contributed by atoms with Gasteiger partial charge in [0.2, 0.25) is 0 Å². The van der Waals surface area contributed by atoms with Crippen LogP contribution in [0.1, 0.15) is 47.3 Å². The Kier molecular flexibility index (Phi) is 4.71. The summed E-state index contributed by atoms with van der Waals surface area (Å²) in [5.41, 5.74) is 2.64. The van der Waals surface area contributed by atoms with Crippen molar-refractivity contribution in [1.29, 1.82) is 0 Å². The molecule has 1 fully saturated rings. The summed E-state index contributed by atoms with van der Waals surface area (Å²) in [5, 5.41) is 0.975. The monoisotopic (exact) mass is 362 g/mol. The Morgan fingerprint density at radius 2 is 2.07 bits per heavy atom. The third-order valence-corrected chi connectivity index (χ3v) is 5.31. The normalized spacial score (nSPS) is 14.6. The molecule has 6 heteroatoms. The zero-order chi connectivity index (χ0) is 18.8. The third-order valence-electron chi connectivity index (χ3n) is 5.31. The molecule has 1 aliphatic rings. The maximum atomic E-state index is 13.1. The van der Waals surface area contributed by atoms with Crippen LogP contribution in [0.15, 0.2) is 47.7 Å². The van der Waals surface area contributed by atoms with E-state index in [1.54, 1.807) is 11.1 Å². The molecule has 1 aromatic carbocycles. The number of hydrogen-bond donors (Lipinski definition) is 1. The molecule has 0 saturated heterocycles. The summed E-state index contributed by atoms with van der Waals surface area (Å²) in [5.74, 6) is -0.168. The first-order valence-corrected chi connectivity index (χ1v) is 9.32. The lowest BCUT2D eigenvalue weighted by Gasteiger charge is -2.28. The highest BCUT2D eigenvalue weighted by atomic mass is 16.2. The first kappa shape index (κ1) is 17.4. The molecule has 0 bridgehead atoms. The van der Waals surface area contributed by atoms with E-state index in [4.69, 9.17) is 0 Å². The molecule has 0 atom stereocenters. The predicted molar refractivity (Wildman–Crippen MR) is 103 cm³/mol. The van der Waals surface area contributed by atoms with Crippen molar-refractivity contribution in [2.75, 3.05) is 0 Å². The highest BCUT2D eigenvalue weighted by Gasteiger charge is 2.29. The van der Waals surface area contributed by atoms with Crippen LogP contribution in [-0.4, -0.2) is 31.8 Å². The predicted octanol–water partition coefficient (Wildman–Crippen LogP) is 3.21. The first-order valence-electron chi connectivity index (χ1n) is 9.32. The minimum Gasteiger partial charge on any atom is -0.330 e. The summed E-state index contributed by atoms with van der Waals surface area (Å²) in [7, 11) is 0. The maximum Gasteiger partial charge on any atom is 0.274 e. The van der Waals surface area contributed by atoms with E-state index in [9.17, 15) is 9.59 Å². The average molecular weight is 362 g/mol. The summed E-state index contributed by atoms with van der Waals surface area (Å²) in [6.07, 6.45) is 8.66. The van der Waals surface area contributed by atoms with Gasteiger partial charge in [0.1, 0.15) is 5.69 Å². The van der Waals surface area contributed by atoms with Crippen molar-refractivity contribution in [3.63, 3.8) is 0 Å². The first-order chi connectivity index (χ1) is 13.1. The zero-order valence-electron chi connectivity index (χ0n) is 15.3. The van der Waals surface area contributed by atoms with Crippen molar-refractivity contribution < 1.29 is 4.79 Å². The van der Waals surface area contributed by atoms with Crippen molar-refractivity contribution in [2.24, 2.45) is 0 Å². The van der Waals surface area contributed by atoms with Crippen LogP contribution < -0.4 is 5.56 Å². The molecule has 1 N–H and O–H groups in total. The molecule has 6 nitrogen and oxygen atoms in total. The summed E-state index contributed by atoms with van der Waals surface area (Å²) >= 11 is 0. The van der Waals surface area contributed by atoms with Crippen LogP contribution >= 0.6 is 0 Å². The van der Waals surface area contributed by atoms with Crippen LogP contribution in [0.4, 0.5) is 0 Å². The molecule has 0 unspecified atom stereocenters. The van der Waals surface area contributed by atoms with Crippen molar-refractivity contribution in [3.8, 4) is 0 Å². The molecule has 1 aliphatic carbocycles. The molecule has 1 amide bonds. The number of aryl methyl sites for hydroxylation is 1. The number of nitrogens with one attached hydrogen (secondary N) is 1. The van der Waals surface area contributed by atoms with Crippen LogP contribution in [0.2, 0.25) is 0 Å². The number of carbonyl (C=O) groups is 1. The van der Waals surface area contributed by atoms with E-state index in [0.717, 1.165) is 42.1 Å². The van der Waals surface area contributed by atoms with E-state index in [0.29, 0.717) is 11.3 Å². The average Bonchev–Trinajstić information content (AvgIpc) is 3.22. The molecule has 0 radical (unpaired) electrons.